The first-order valence-corrected chi connectivity index (χ1v) is 8.64. The fraction of sp³-hybridized carbons (Fsp3) is 0.667. The van der Waals surface area contributed by atoms with Gasteiger partial charge < -0.3 is 20.7 Å². The fourth-order valence-electron chi connectivity index (χ4n) is 3.71. The summed E-state index contributed by atoms with van der Waals surface area (Å²) >= 11 is 0. The number of hydrogen-bond donors (Lipinski definition) is 2. The van der Waals surface area contributed by atoms with Crippen LogP contribution in [0.2, 0.25) is 0 Å². The molecule has 3 N–H and O–H groups in total. The number of morpholine rings is 1. The van der Waals surface area contributed by atoms with E-state index in [0.717, 1.165) is 19.5 Å². The van der Waals surface area contributed by atoms with Gasteiger partial charge in [0.25, 0.3) is 0 Å². The lowest BCUT2D eigenvalue weighted by atomic mass is 9.91. The van der Waals surface area contributed by atoms with Crippen molar-refractivity contribution in [3.8, 4) is 0 Å². The molecule has 4 unspecified atom stereocenters. The molecule has 1 aromatic carbocycles. The van der Waals surface area contributed by atoms with Crippen LogP contribution in [0.15, 0.2) is 24.3 Å². The number of nitrogens with zero attached hydrogens (tertiary/aromatic N) is 1. The summed E-state index contributed by atoms with van der Waals surface area (Å²) in [7, 11) is 0. The minimum Gasteiger partial charge on any atom is -0.381 e. The van der Waals surface area contributed by atoms with Gasteiger partial charge in [0.05, 0.1) is 12.2 Å². The standard InChI is InChI=1S/C18H29N3O/c1-13-11-21(12-14(2)22-13)16-9-7-15(8-10-16)20-18-6-4-3-5-17(18)19/h7-10,13-14,17-18,20H,3-6,11-12,19H2,1-2H3. The highest BCUT2D eigenvalue weighted by Crippen LogP contribution is 2.25. The second-order valence-corrected chi connectivity index (χ2v) is 6.91. The van der Waals surface area contributed by atoms with Crippen molar-refractivity contribution >= 4 is 11.4 Å². The van der Waals surface area contributed by atoms with Crippen molar-refractivity contribution in [2.45, 2.75) is 63.8 Å². The largest absolute Gasteiger partial charge is 0.381 e. The van der Waals surface area contributed by atoms with E-state index < -0.39 is 0 Å². The van der Waals surface area contributed by atoms with E-state index in [1.54, 1.807) is 0 Å². The molecule has 2 fully saturated rings. The highest BCUT2D eigenvalue weighted by molar-refractivity contribution is 5.56. The van der Waals surface area contributed by atoms with Crippen LogP contribution in [0, 0.1) is 0 Å². The number of nitrogens with one attached hydrogen (secondary N) is 1. The number of ether oxygens (including phenoxy) is 1. The molecule has 4 atom stereocenters. The third-order valence-electron chi connectivity index (χ3n) is 4.82. The molecule has 4 nitrogen and oxygen atoms in total. The van der Waals surface area contributed by atoms with Crippen LogP contribution < -0.4 is 16.0 Å². The Kier molecular flexibility index (Phi) is 4.89. The Morgan fingerprint density at radius 3 is 2.32 bits per heavy atom. The van der Waals surface area contributed by atoms with Gasteiger partial charge in [0.15, 0.2) is 0 Å². The number of benzene rings is 1. The first kappa shape index (κ1) is 15.6. The predicted molar refractivity (Wildman–Crippen MR) is 92.5 cm³/mol. The summed E-state index contributed by atoms with van der Waals surface area (Å²) in [5.41, 5.74) is 8.68. The monoisotopic (exact) mass is 303 g/mol. The molecule has 1 saturated heterocycles. The zero-order valence-corrected chi connectivity index (χ0v) is 13.8. The van der Waals surface area contributed by atoms with Gasteiger partial charge in [-0.2, -0.15) is 0 Å². The Hall–Kier alpha value is -1.26. The van der Waals surface area contributed by atoms with Gasteiger partial charge in [-0.1, -0.05) is 12.8 Å². The quantitative estimate of drug-likeness (QED) is 0.901. The maximum Gasteiger partial charge on any atom is 0.0726 e. The molecule has 0 amide bonds. The molecule has 1 aromatic rings. The number of nitrogens with two attached hydrogens (primary N) is 1. The molecule has 0 spiro atoms. The van der Waals surface area contributed by atoms with Crippen LogP contribution >= 0.6 is 0 Å². The van der Waals surface area contributed by atoms with E-state index in [9.17, 15) is 0 Å². The Labute approximate surface area is 134 Å². The Morgan fingerprint density at radius 1 is 1.05 bits per heavy atom. The Bertz CT molecular complexity index is 466. The molecule has 2 aliphatic rings. The minimum atomic E-state index is 0.286. The summed E-state index contributed by atoms with van der Waals surface area (Å²) in [5, 5.41) is 3.61. The SMILES string of the molecule is CC1CN(c2ccc(NC3CCCCC3N)cc2)CC(C)O1. The van der Waals surface area contributed by atoms with Crippen molar-refractivity contribution < 1.29 is 4.74 Å². The molecular formula is C18H29N3O. The van der Waals surface area contributed by atoms with Gasteiger partial charge in [-0.3, -0.25) is 0 Å². The average Bonchev–Trinajstić information content (AvgIpc) is 2.49. The molecule has 0 aromatic heterocycles. The van der Waals surface area contributed by atoms with Crippen molar-refractivity contribution in [1.29, 1.82) is 0 Å². The van der Waals surface area contributed by atoms with Crippen molar-refractivity contribution in [1.82, 2.24) is 0 Å². The van der Waals surface area contributed by atoms with E-state index in [1.165, 1.54) is 30.6 Å². The second-order valence-electron chi connectivity index (χ2n) is 6.91. The third kappa shape index (κ3) is 3.73. The molecule has 1 aliphatic heterocycles. The van der Waals surface area contributed by atoms with E-state index >= 15 is 0 Å². The normalized spacial score (nSPS) is 32.8. The van der Waals surface area contributed by atoms with Gasteiger partial charge in [-0.15, -0.1) is 0 Å². The zero-order chi connectivity index (χ0) is 15.5. The summed E-state index contributed by atoms with van der Waals surface area (Å²) in [6, 6.07) is 9.49. The molecule has 0 radical (unpaired) electrons. The highest BCUT2D eigenvalue weighted by Gasteiger charge is 2.23. The van der Waals surface area contributed by atoms with Gasteiger partial charge in [0.1, 0.15) is 0 Å². The van der Waals surface area contributed by atoms with E-state index in [2.05, 4.69) is 48.3 Å². The smallest absolute Gasteiger partial charge is 0.0726 e. The molecule has 1 aliphatic carbocycles. The maximum atomic E-state index is 6.22. The summed E-state index contributed by atoms with van der Waals surface area (Å²) in [5.74, 6) is 0. The Morgan fingerprint density at radius 2 is 1.68 bits per heavy atom. The molecule has 122 valence electrons. The summed E-state index contributed by atoms with van der Waals surface area (Å²) in [6.07, 6.45) is 5.46. The van der Waals surface area contributed by atoms with Crippen molar-refractivity contribution in [2.75, 3.05) is 23.3 Å². The summed E-state index contributed by atoms with van der Waals surface area (Å²) < 4.78 is 5.81. The van der Waals surface area contributed by atoms with Crippen LogP contribution in [0.5, 0.6) is 0 Å². The lowest BCUT2D eigenvalue weighted by molar-refractivity contribution is -0.00521. The molecule has 22 heavy (non-hydrogen) atoms. The fourth-order valence-corrected chi connectivity index (χ4v) is 3.71. The lowest BCUT2D eigenvalue weighted by Crippen LogP contribution is -2.45. The van der Waals surface area contributed by atoms with Crippen LogP contribution in [-0.4, -0.2) is 37.4 Å². The van der Waals surface area contributed by atoms with Crippen molar-refractivity contribution in [3.63, 3.8) is 0 Å². The molecular weight excluding hydrogens is 274 g/mol. The highest BCUT2D eigenvalue weighted by atomic mass is 16.5. The van der Waals surface area contributed by atoms with E-state index in [4.69, 9.17) is 10.5 Å². The average molecular weight is 303 g/mol. The third-order valence-corrected chi connectivity index (χ3v) is 4.82. The summed E-state index contributed by atoms with van der Waals surface area (Å²) in [4.78, 5) is 2.41. The van der Waals surface area contributed by atoms with Crippen molar-refractivity contribution in [3.05, 3.63) is 24.3 Å². The molecule has 4 heteroatoms. The van der Waals surface area contributed by atoms with Gasteiger partial charge in [0, 0.05) is 36.5 Å². The van der Waals surface area contributed by atoms with Crippen LogP contribution in [0.25, 0.3) is 0 Å². The van der Waals surface area contributed by atoms with Gasteiger partial charge >= 0.3 is 0 Å². The van der Waals surface area contributed by atoms with Crippen molar-refractivity contribution in [2.24, 2.45) is 5.73 Å². The van der Waals surface area contributed by atoms with E-state index in [0.29, 0.717) is 18.2 Å². The minimum absolute atomic E-state index is 0.286. The second kappa shape index (κ2) is 6.88. The Balaban J connectivity index is 1.62. The van der Waals surface area contributed by atoms with Gasteiger partial charge in [-0.05, 0) is 51.0 Å². The first-order chi connectivity index (χ1) is 10.6. The predicted octanol–water partition coefficient (Wildman–Crippen LogP) is 2.98. The maximum absolute atomic E-state index is 6.22. The van der Waals surface area contributed by atoms with E-state index in [1.807, 2.05) is 0 Å². The topological polar surface area (TPSA) is 50.5 Å². The molecule has 0 bridgehead atoms. The van der Waals surface area contributed by atoms with Crippen LogP contribution in [0.1, 0.15) is 39.5 Å². The number of rotatable bonds is 3. The lowest BCUT2D eigenvalue weighted by Gasteiger charge is -2.37. The number of anilines is 2. The van der Waals surface area contributed by atoms with Crippen LogP contribution in [0.3, 0.4) is 0 Å². The molecule has 3 rings (SSSR count). The first-order valence-electron chi connectivity index (χ1n) is 8.64. The summed E-state index contributed by atoms with van der Waals surface area (Å²) in [6.45, 7) is 6.21. The zero-order valence-electron chi connectivity index (χ0n) is 13.8. The van der Waals surface area contributed by atoms with Crippen LogP contribution in [0.4, 0.5) is 11.4 Å². The van der Waals surface area contributed by atoms with Crippen LogP contribution in [-0.2, 0) is 4.74 Å². The van der Waals surface area contributed by atoms with Gasteiger partial charge in [0.2, 0.25) is 0 Å². The molecule has 1 saturated carbocycles. The van der Waals surface area contributed by atoms with E-state index in [-0.39, 0.29) is 6.04 Å². The number of hydrogen-bond acceptors (Lipinski definition) is 4. The molecule has 1 heterocycles. The van der Waals surface area contributed by atoms with Gasteiger partial charge in [-0.25, -0.2) is 0 Å².